The highest BCUT2D eigenvalue weighted by atomic mass is 32.2. The van der Waals surface area contributed by atoms with E-state index in [1.807, 2.05) is 6.79 Å². The summed E-state index contributed by atoms with van der Waals surface area (Å²) >= 11 is 0. The smallest absolute Gasteiger partial charge is 0.151 e. The first-order chi connectivity index (χ1) is 12.3. The molecule has 0 aromatic carbocycles. The Morgan fingerprint density at radius 3 is 2.19 bits per heavy atom. The lowest BCUT2D eigenvalue weighted by molar-refractivity contribution is -0.242. The van der Waals surface area contributed by atoms with Gasteiger partial charge in [0.1, 0.15) is 12.6 Å². The van der Waals surface area contributed by atoms with Crippen LogP contribution in [0.5, 0.6) is 0 Å². The van der Waals surface area contributed by atoms with Crippen molar-refractivity contribution in [1.82, 2.24) is 15.0 Å². The molecule has 0 unspecified atom stereocenters. The molecule has 3 aliphatic heterocycles. The molecule has 1 aromatic heterocycles. The van der Waals surface area contributed by atoms with Gasteiger partial charge in [-0.05, 0) is 42.2 Å². The molecule has 1 aromatic rings. The van der Waals surface area contributed by atoms with E-state index in [0.29, 0.717) is 22.8 Å². The molecular formula is C18H24FN3O3S. The van der Waals surface area contributed by atoms with Gasteiger partial charge in [-0.1, -0.05) is 0 Å². The fourth-order valence-electron chi connectivity index (χ4n) is 5.40. The van der Waals surface area contributed by atoms with Crippen LogP contribution >= 0.6 is 0 Å². The zero-order chi connectivity index (χ0) is 18.6. The van der Waals surface area contributed by atoms with Crippen LogP contribution in [0.3, 0.4) is 0 Å². The minimum atomic E-state index is -2.72. The third-order valence-electron chi connectivity index (χ3n) is 6.25. The molecule has 4 aliphatic rings. The first-order valence-corrected chi connectivity index (χ1v) is 10.8. The number of nitrogens with zero attached hydrogens (tertiary/aromatic N) is 3. The average Bonchev–Trinajstić information content (AvgIpc) is 2.45. The van der Waals surface area contributed by atoms with Gasteiger partial charge >= 0.3 is 0 Å². The van der Waals surface area contributed by atoms with Crippen molar-refractivity contribution in [1.29, 1.82) is 0 Å². The minimum absolute atomic E-state index is 0.0775. The molecule has 1 aliphatic carbocycles. The van der Waals surface area contributed by atoms with Crippen LogP contribution < -0.4 is 0 Å². The van der Waals surface area contributed by atoms with Gasteiger partial charge in [-0.15, -0.1) is 0 Å². The van der Waals surface area contributed by atoms with E-state index >= 15 is 0 Å². The first-order valence-electron chi connectivity index (χ1n) is 8.93. The molecule has 6 nitrogen and oxygen atoms in total. The number of aromatic nitrogens is 1. The molecule has 0 atom stereocenters. The van der Waals surface area contributed by atoms with E-state index in [0.717, 1.165) is 38.2 Å². The Morgan fingerprint density at radius 2 is 1.65 bits per heavy atom. The van der Waals surface area contributed by atoms with E-state index in [1.165, 1.54) is 19.0 Å². The monoisotopic (exact) mass is 381 g/mol. The van der Waals surface area contributed by atoms with Gasteiger partial charge in [0.05, 0.1) is 17.7 Å². The normalized spacial score (nSPS) is 28.2. The second-order valence-corrected chi connectivity index (χ2v) is 10.7. The predicted octanol–water partition coefficient (Wildman–Crippen LogP) is 0.936. The number of hydrazine groups is 1. The summed E-state index contributed by atoms with van der Waals surface area (Å²) in [7, 11) is -2.72. The number of sulfone groups is 1. The molecule has 0 radical (unpaired) electrons. The fourth-order valence-corrected chi connectivity index (χ4v) is 7.54. The van der Waals surface area contributed by atoms with Gasteiger partial charge in [0.15, 0.2) is 9.84 Å². The number of hydrogen-bond donors (Lipinski definition) is 0. The van der Waals surface area contributed by atoms with E-state index < -0.39 is 9.84 Å². The SMILES string of the molecule is C=O.O=S1(=O)CC2(CN(N3CC4(CC(Cc5cncc(F)c5)C4)C3)C2)C1. The second-order valence-electron chi connectivity index (χ2n) is 8.67. The topological polar surface area (TPSA) is 70.6 Å². The molecule has 2 spiro atoms. The van der Waals surface area contributed by atoms with Gasteiger partial charge in [0.2, 0.25) is 0 Å². The molecule has 0 bridgehead atoms. The Balaban J connectivity index is 0.000000814. The zero-order valence-corrected chi connectivity index (χ0v) is 15.5. The summed E-state index contributed by atoms with van der Waals surface area (Å²) < 4.78 is 35.9. The lowest BCUT2D eigenvalue weighted by Crippen LogP contribution is -2.77. The summed E-state index contributed by atoms with van der Waals surface area (Å²) in [6.07, 6.45) is 6.38. The van der Waals surface area contributed by atoms with Crippen LogP contribution in [0.1, 0.15) is 18.4 Å². The van der Waals surface area contributed by atoms with Gasteiger partial charge in [-0.2, -0.15) is 0 Å². The van der Waals surface area contributed by atoms with Crippen LogP contribution in [0.25, 0.3) is 0 Å². The zero-order valence-electron chi connectivity index (χ0n) is 14.7. The lowest BCUT2D eigenvalue weighted by atomic mass is 9.57. The van der Waals surface area contributed by atoms with Crippen molar-refractivity contribution in [3.05, 3.63) is 29.8 Å². The standard InChI is InChI=1S/C17H22FN3O2S.CH2O/c18-15-2-13(5-19-6-15)1-14-3-16(4-14)7-20(8-16)21-9-17(10-21)11-24(22,23)12-17;1-2/h2,5-6,14H,1,3-4,7-12H2;1H2. The molecule has 3 saturated heterocycles. The van der Waals surface area contributed by atoms with Gasteiger partial charge in [-0.25, -0.2) is 22.8 Å². The van der Waals surface area contributed by atoms with Crippen LogP contribution in [0.4, 0.5) is 4.39 Å². The van der Waals surface area contributed by atoms with Crippen LogP contribution in [0.2, 0.25) is 0 Å². The minimum Gasteiger partial charge on any atom is -0.307 e. The van der Waals surface area contributed by atoms with Gasteiger partial charge in [-0.3, -0.25) is 4.98 Å². The number of rotatable bonds is 3. The summed E-state index contributed by atoms with van der Waals surface area (Å²) in [6.45, 7) is 6.04. The molecule has 5 rings (SSSR count). The quantitative estimate of drug-likeness (QED) is 0.776. The van der Waals surface area contributed by atoms with E-state index in [4.69, 9.17) is 4.79 Å². The Morgan fingerprint density at radius 1 is 1.08 bits per heavy atom. The summed E-state index contributed by atoms with van der Waals surface area (Å²) in [5.74, 6) is 1.18. The molecule has 26 heavy (non-hydrogen) atoms. The Kier molecular flexibility index (Phi) is 4.20. The number of carbonyl (C=O) groups is 1. The average molecular weight is 381 g/mol. The summed E-state index contributed by atoms with van der Waals surface area (Å²) in [5.41, 5.74) is 1.54. The summed E-state index contributed by atoms with van der Waals surface area (Å²) in [6, 6.07) is 1.59. The van der Waals surface area contributed by atoms with E-state index in [-0.39, 0.29) is 11.2 Å². The van der Waals surface area contributed by atoms with Crippen LogP contribution in [-0.4, -0.2) is 67.9 Å². The van der Waals surface area contributed by atoms with Crippen molar-refractivity contribution in [2.45, 2.75) is 19.3 Å². The second kappa shape index (κ2) is 6.07. The third kappa shape index (κ3) is 3.08. The Hall–Kier alpha value is -1.38. The highest BCUT2D eigenvalue weighted by Crippen LogP contribution is 2.55. The maximum atomic E-state index is 13.2. The molecule has 142 valence electrons. The van der Waals surface area contributed by atoms with Crippen molar-refractivity contribution < 1.29 is 17.6 Å². The maximum absolute atomic E-state index is 13.2. The van der Waals surface area contributed by atoms with Crippen LogP contribution in [0, 0.1) is 22.6 Å². The van der Waals surface area contributed by atoms with Crippen LogP contribution in [-0.2, 0) is 21.1 Å². The number of carbonyl (C=O) groups excluding carboxylic acids is 1. The number of pyridine rings is 1. The predicted molar refractivity (Wildman–Crippen MR) is 94.4 cm³/mol. The van der Waals surface area contributed by atoms with Gasteiger partial charge < -0.3 is 4.79 Å². The molecule has 4 heterocycles. The summed E-state index contributed by atoms with van der Waals surface area (Å²) in [4.78, 5) is 11.9. The van der Waals surface area contributed by atoms with E-state index in [1.54, 1.807) is 12.3 Å². The van der Waals surface area contributed by atoms with Gasteiger partial charge in [0, 0.05) is 37.8 Å². The third-order valence-corrected chi connectivity index (χ3v) is 8.36. The lowest BCUT2D eigenvalue weighted by Gasteiger charge is -2.67. The molecule has 0 N–H and O–H groups in total. The van der Waals surface area contributed by atoms with Crippen molar-refractivity contribution in [2.75, 3.05) is 37.7 Å². The first kappa shape index (κ1) is 18.0. The number of halogens is 1. The molecule has 4 fully saturated rings. The Labute approximate surface area is 153 Å². The van der Waals surface area contributed by atoms with Crippen molar-refractivity contribution in [3.63, 3.8) is 0 Å². The number of hydrogen-bond acceptors (Lipinski definition) is 6. The molecule has 0 amide bonds. The van der Waals surface area contributed by atoms with Crippen molar-refractivity contribution in [2.24, 2.45) is 16.7 Å². The van der Waals surface area contributed by atoms with E-state index in [9.17, 15) is 12.8 Å². The molecular weight excluding hydrogens is 357 g/mol. The van der Waals surface area contributed by atoms with Crippen molar-refractivity contribution >= 4 is 16.6 Å². The van der Waals surface area contributed by atoms with Gasteiger partial charge in [0.25, 0.3) is 0 Å². The molecule has 1 saturated carbocycles. The van der Waals surface area contributed by atoms with E-state index in [2.05, 4.69) is 15.0 Å². The van der Waals surface area contributed by atoms with Crippen molar-refractivity contribution in [3.8, 4) is 0 Å². The highest BCUT2D eigenvalue weighted by Gasteiger charge is 2.61. The largest absolute Gasteiger partial charge is 0.307 e. The highest BCUT2D eigenvalue weighted by molar-refractivity contribution is 7.92. The van der Waals surface area contributed by atoms with Crippen LogP contribution in [0.15, 0.2) is 18.5 Å². The Bertz CT molecular complexity index is 782. The fraction of sp³-hybridized carbons (Fsp3) is 0.667. The maximum Gasteiger partial charge on any atom is 0.151 e. The summed E-state index contributed by atoms with van der Waals surface area (Å²) in [5, 5.41) is 4.74. The molecule has 8 heteroatoms.